The number of carbonyl (C=O) groups excluding carboxylic acids is 1. The first-order valence-corrected chi connectivity index (χ1v) is 17.7. The third-order valence-electron chi connectivity index (χ3n) is 7.79. The summed E-state index contributed by atoms with van der Waals surface area (Å²) < 4.78 is 73.2. The standard InChI is InChI=1S/C33H37N3O7S2/c1-6-25(37)12-11-19-34-44(38,39)26-15-18-29(32(22-26)45(40,41)42)33-27-16-13-23(35(7-2)8-3)20-30(27)43-31-21-24(14-17-28(31)33)36(9-4)10-5/h1,13-18,20-22,34H,7-12,19H2,2-5H3/p+1. The molecule has 12 heteroatoms. The number of hydrogen-bond acceptors (Lipinski definition) is 7. The van der Waals surface area contributed by atoms with E-state index in [1.165, 1.54) is 12.1 Å². The lowest BCUT2D eigenvalue weighted by molar-refractivity contribution is -0.113. The van der Waals surface area contributed by atoms with Crippen LogP contribution in [-0.4, -0.2) is 59.9 Å². The van der Waals surface area contributed by atoms with Gasteiger partial charge in [0.2, 0.25) is 21.2 Å². The lowest BCUT2D eigenvalue weighted by atomic mass is 9.93. The molecule has 0 saturated heterocycles. The zero-order valence-electron chi connectivity index (χ0n) is 25.8. The molecular weight excluding hydrogens is 615 g/mol. The lowest BCUT2D eigenvalue weighted by Crippen LogP contribution is -2.29. The minimum absolute atomic E-state index is 0.000586. The number of nitrogens with one attached hydrogen (secondary N) is 1. The van der Waals surface area contributed by atoms with Gasteiger partial charge in [-0.3, -0.25) is 9.35 Å². The lowest BCUT2D eigenvalue weighted by Gasteiger charge is -2.22. The minimum Gasteiger partial charge on any atom is -0.456 e. The fourth-order valence-corrected chi connectivity index (χ4v) is 7.33. The Balaban J connectivity index is 1.99. The molecule has 0 saturated carbocycles. The molecule has 0 atom stereocenters. The topological polar surface area (TPSA) is 137 Å². The van der Waals surface area contributed by atoms with E-state index in [9.17, 15) is 26.2 Å². The average molecular weight is 653 g/mol. The first kappa shape index (κ1) is 33.9. The summed E-state index contributed by atoms with van der Waals surface area (Å²) in [7, 11) is -9.10. The van der Waals surface area contributed by atoms with Gasteiger partial charge in [-0.15, -0.1) is 6.42 Å². The summed E-state index contributed by atoms with van der Waals surface area (Å²) in [5.41, 5.74) is 2.60. The fourth-order valence-electron chi connectivity index (χ4n) is 5.43. The van der Waals surface area contributed by atoms with Crippen molar-refractivity contribution >= 4 is 42.6 Å². The maximum atomic E-state index is 13.1. The molecule has 0 radical (unpaired) electrons. The number of rotatable bonds is 13. The van der Waals surface area contributed by atoms with E-state index in [0.717, 1.165) is 43.3 Å². The third-order valence-corrected chi connectivity index (χ3v) is 10.1. The van der Waals surface area contributed by atoms with Crippen molar-refractivity contribution in [2.75, 3.05) is 37.6 Å². The molecule has 2 aliphatic rings. The molecule has 0 unspecified atom stereocenters. The van der Waals surface area contributed by atoms with E-state index in [0.29, 0.717) is 27.9 Å². The summed E-state index contributed by atoms with van der Waals surface area (Å²) in [6.07, 6.45) is 5.23. The van der Waals surface area contributed by atoms with Crippen molar-refractivity contribution in [1.82, 2.24) is 9.30 Å². The number of ketones is 1. The summed E-state index contributed by atoms with van der Waals surface area (Å²) in [4.78, 5) is 12.6. The van der Waals surface area contributed by atoms with Gasteiger partial charge in [-0.1, -0.05) is 6.07 Å². The van der Waals surface area contributed by atoms with Gasteiger partial charge < -0.3 is 9.32 Å². The van der Waals surface area contributed by atoms with E-state index in [1.54, 1.807) is 0 Å². The monoisotopic (exact) mass is 652 g/mol. The van der Waals surface area contributed by atoms with E-state index in [4.69, 9.17) is 10.8 Å². The molecule has 10 nitrogen and oxygen atoms in total. The predicted molar refractivity (Wildman–Crippen MR) is 176 cm³/mol. The highest BCUT2D eigenvalue weighted by atomic mass is 32.2. The number of benzene rings is 3. The second-order valence-corrected chi connectivity index (χ2v) is 13.5. The van der Waals surface area contributed by atoms with Crippen molar-refractivity contribution in [1.29, 1.82) is 0 Å². The molecule has 0 fully saturated rings. The zero-order valence-corrected chi connectivity index (χ0v) is 27.5. The van der Waals surface area contributed by atoms with Crippen LogP contribution in [0.1, 0.15) is 40.5 Å². The minimum atomic E-state index is -4.91. The Labute approximate surface area is 264 Å². The van der Waals surface area contributed by atoms with E-state index in [2.05, 4.69) is 14.2 Å². The average Bonchev–Trinajstić information content (AvgIpc) is 3.02. The van der Waals surface area contributed by atoms with Gasteiger partial charge in [0.15, 0.2) is 0 Å². The number of sulfonamides is 1. The molecule has 0 aromatic heterocycles. The van der Waals surface area contributed by atoms with Crippen LogP contribution in [0.5, 0.6) is 0 Å². The molecule has 1 heterocycles. The molecule has 2 aromatic rings. The first-order chi connectivity index (χ1) is 21.4. The number of Topliss-reactive ketones (excluding diaryl/α,β-unsaturated/α-hetero) is 1. The highest BCUT2D eigenvalue weighted by Gasteiger charge is 2.27. The maximum absolute atomic E-state index is 13.1. The van der Waals surface area contributed by atoms with Gasteiger partial charge >= 0.3 is 0 Å². The third kappa shape index (κ3) is 7.28. The van der Waals surface area contributed by atoms with Gasteiger partial charge in [-0.25, -0.2) is 17.7 Å². The Morgan fingerprint density at radius 3 is 2.27 bits per heavy atom. The van der Waals surface area contributed by atoms with Crippen molar-refractivity contribution in [3.8, 4) is 34.8 Å². The largest absolute Gasteiger partial charge is 0.456 e. The molecule has 0 amide bonds. The molecular formula is C33H38N3O7S2+. The quantitative estimate of drug-likeness (QED) is 0.0543. The normalized spacial score (nSPS) is 11.9. The van der Waals surface area contributed by atoms with Gasteiger partial charge in [-0.2, -0.15) is 8.42 Å². The van der Waals surface area contributed by atoms with Crippen molar-refractivity contribution < 1.29 is 30.6 Å². The number of anilines is 1. The van der Waals surface area contributed by atoms with E-state index in [-0.39, 0.29) is 29.8 Å². The van der Waals surface area contributed by atoms with Crippen molar-refractivity contribution in [2.24, 2.45) is 0 Å². The number of nitrogens with zero attached hydrogens (tertiary/aromatic N) is 2. The van der Waals surface area contributed by atoms with Gasteiger partial charge in [0.1, 0.15) is 29.3 Å². The van der Waals surface area contributed by atoms with E-state index >= 15 is 0 Å². The zero-order chi connectivity index (χ0) is 32.9. The predicted octanol–water partition coefficient (Wildman–Crippen LogP) is 4.37. The molecule has 2 N–H and O–H groups in total. The van der Waals surface area contributed by atoms with Crippen LogP contribution in [-0.2, 0) is 24.9 Å². The van der Waals surface area contributed by atoms with Crippen LogP contribution >= 0.6 is 0 Å². The van der Waals surface area contributed by atoms with Crippen LogP contribution < -0.4 is 19.6 Å². The molecule has 45 heavy (non-hydrogen) atoms. The maximum Gasteiger partial charge on any atom is 0.295 e. The molecule has 238 valence electrons. The SMILES string of the molecule is C#CC(=O)CCCNS(=O)(=O)c1ccc(-c2c3ccc(=[N+](CC)CC)cc-3oc3cc(N(CC)CC)ccc23)c(S(=O)(=O)O)c1. The number of carbonyl (C=O) groups is 1. The summed E-state index contributed by atoms with van der Waals surface area (Å²) in [5.74, 6) is 2.02. The molecule has 1 aliphatic heterocycles. The summed E-state index contributed by atoms with van der Waals surface area (Å²) in [5, 5.41) is 1.51. The van der Waals surface area contributed by atoms with Gasteiger partial charge in [0.05, 0.1) is 11.0 Å². The van der Waals surface area contributed by atoms with Crippen molar-refractivity contribution in [3.63, 3.8) is 0 Å². The highest BCUT2D eigenvalue weighted by molar-refractivity contribution is 7.89. The number of hydrogen-bond donors (Lipinski definition) is 2. The highest BCUT2D eigenvalue weighted by Crippen LogP contribution is 2.43. The molecule has 0 spiro atoms. The smallest absolute Gasteiger partial charge is 0.295 e. The summed E-state index contributed by atoms with van der Waals surface area (Å²) in [6.45, 7) is 11.2. The Hall–Kier alpha value is -4.02. The van der Waals surface area contributed by atoms with E-state index < -0.39 is 30.8 Å². The first-order valence-electron chi connectivity index (χ1n) is 14.8. The Morgan fingerprint density at radius 2 is 1.64 bits per heavy atom. The molecule has 2 aromatic carbocycles. The van der Waals surface area contributed by atoms with Gasteiger partial charge in [0, 0.05) is 66.0 Å². The Kier molecular flexibility index (Phi) is 10.5. The number of fused-ring (bicyclic) bond motifs is 2. The summed E-state index contributed by atoms with van der Waals surface area (Å²) >= 11 is 0. The Morgan fingerprint density at radius 1 is 0.956 bits per heavy atom. The molecule has 0 bridgehead atoms. The number of terminal acetylenes is 1. The molecule has 1 aliphatic carbocycles. The van der Waals surface area contributed by atoms with Crippen LogP contribution in [0.2, 0.25) is 0 Å². The second-order valence-electron chi connectivity index (χ2n) is 10.4. The Bertz CT molecular complexity index is 2030. The van der Waals surface area contributed by atoms with Crippen molar-refractivity contribution in [2.45, 2.75) is 50.3 Å². The second kappa shape index (κ2) is 14.0. The van der Waals surface area contributed by atoms with Crippen molar-refractivity contribution in [3.05, 3.63) is 60.0 Å². The van der Waals surface area contributed by atoms with Gasteiger partial charge in [0.25, 0.3) is 10.1 Å². The van der Waals surface area contributed by atoms with Crippen LogP contribution in [0.25, 0.3) is 33.4 Å². The van der Waals surface area contributed by atoms with E-state index in [1.807, 2.05) is 70.0 Å². The van der Waals surface area contributed by atoms with Crippen LogP contribution in [0.15, 0.2) is 68.8 Å². The summed E-state index contributed by atoms with van der Waals surface area (Å²) in [6, 6.07) is 14.9. The van der Waals surface area contributed by atoms with Crippen LogP contribution in [0, 0.1) is 12.3 Å². The van der Waals surface area contributed by atoms with Gasteiger partial charge in [-0.05, 0) is 70.4 Å². The van der Waals surface area contributed by atoms with Crippen LogP contribution in [0.3, 0.4) is 0 Å². The molecule has 4 rings (SSSR count). The fraction of sp³-hybridized carbons (Fsp3) is 0.333. The van der Waals surface area contributed by atoms with Crippen LogP contribution in [0.4, 0.5) is 5.69 Å².